The Morgan fingerprint density at radius 2 is 2.05 bits per heavy atom. The first-order valence-electron chi connectivity index (χ1n) is 5.23. The molecule has 1 heterocycles. The maximum absolute atomic E-state index is 12.4. The van der Waals surface area contributed by atoms with Gasteiger partial charge in [0.1, 0.15) is 6.33 Å². The van der Waals surface area contributed by atoms with Crippen molar-refractivity contribution in [2.75, 3.05) is 5.01 Å². The summed E-state index contributed by atoms with van der Waals surface area (Å²) in [5.74, 6) is 3.82. The molecule has 2 N–H and O–H groups in total. The molecule has 0 saturated heterocycles. The van der Waals surface area contributed by atoms with Crippen LogP contribution in [0.5, 0.6) is 0 Å². The fourth-order valence-corrected chi connectivity index (χ4v) is 2.37. The third-order valence-electron chi connectivity index (χ3n) is 2.36. The monoisotopic (exact) mass is 383 g/mol. The number of hydrogen-bond acceptors (Lipinski definition) is 5. The molecule has 6 nitrogen and oxygen atoms in total. The second-order valence-corrected chi connectivity index (χ2v) is 4.98. The van der Waals surface area contributed by atoms with Crippen molar-refractivity contribution in [1.29, 1.82) is 0 Å². The Morgan fingerprint density at radius 1 is 1.38 bits per heavy atom. The van der Waals surface area contributed by atoms with Crippen LogP contribution in [0.3, 0.4) is 0 Å². The highest BCUT2D eigenvalue weighted by atomic mass is 79.9. The number of para-hydroxylation sites is 1. The molecule has 1 aromatic heterocycles. The van der Waals surface area contributed by atoms with E-state index in [1.54, 1.807) is 12.1 Å². The molecule has 0 aliphatic carbocycles. The second kappa shape index (κ2) is 5.62. The second-order valence-electron chi connectivity index (χ2n) is 3.72. The fraction of sp³-hybridized carbons (Fsp3) is 0.100. The van der Waals surface area contributed by atoms with Gasteiger partial charge in [0.05, 0.1) is 10.7 Å². The number of nitrogens with two attached hydrogens (primary N) is 1. The highest BCUT2D eigenvalue weighted by Gasteiger charge is 2.37. The number of rotatable bonds is 2. The molecule has 2 aromatic rings. The molecule has 0 bridgehead atoms. The van der Waals surface area contributed by atoms with Crippen LogP contribution in [-0.4, -0.2) is 20.8 Å². The third kappa shape index (κ3) is 3.17. The van der Waals surface area contributed by atoms with Gasteiger partial charge in [0, 0.05) is 4.47 Å². The molecule has 0 saturated carbocycles. The van der Waals surface area contributed by atoms with Crippen molar-refractivity contribution in [1.82, 2.24) is 14.5 Å². The van der Waals surface area contributed by atoms with Crippen molar-refractivity contribution < 1.29 is 13.2 Å². The van der Waals surface area contributed by atoms with Gasteiger partial charge in [-0.2, -0.15) is 9.99 Å². The zero-order valence-corrected chi connectivity index (χ0v) is 12.3. The van der Waals surface area contributed by atoms with E-state index in [1.807, 2.05) is 0 Å². The van der Waals surface area contributed by atoms with Crippen LogP contribution >= 0.6 is 27.5 Å². The van der Waals surface area contributed by atoms with Gasteiger partial charge in [0.15, 0.2) is 0 Å². The van der Waals surface area contributed by atoms with Gasteiger partial charge in [-0.25, -0.2) is 20.2 Å². The van der Waals surface area contributed by atoms with E-state index < -0.39 is 22.9 Å². The number of hydrazine groups is 1. The molecule has 0 amide bonds. The van der Waals surface area contributed by atoms with E-state index in [9.17, 15) is 18.0 Å². The molecule has 2 rings (SSSR count). The molecule has 21 heavy (non-hydrogen) atoms. The summed E-state index contributed by atoms with van der Waals surface area (Å²) in [5.41, 5.74) is -0.792. The van der Waals surface area contributed by atoms with Crippen LogP contribution in [0.15, 0.2) is 33.8 Å². The Hall–Kier alpha value is -1.65. The van der Waals surface area contributed by atoms with Crippen LogP contribution in [0.4, 0.5) is 19.1 Å². The summed E-state index contributed by atoms with van der Waals surface area (Å²) in [7, 11) is 0. The summed E-state index contributed by atoms with van der Waals surface area (Å²) in [6.45, 7) is 0. The van der Waals surface area contributed by atoms with E-state index in [2.05, 4.69) is 25.9 Å². The number of alkyl halides is 3. The number of hydrogen-bond donors (Lipinski definition) is 1. The lowest BCUT2D eigenvalue weighted by molar-refractivity contribution is -0.130. The normalized spacial score (nSPS) is 11.5. The Kier molecular flexibility index (Phi) is 4.21. The van der Waals surface area contributed by atoms with Gasteiger partial charge in [-0.15, -0.1) is 13.2 Å². The molecule has 11 heteroatoms. The molecule has 0 atom stereocenters. The maximum Gasteiger partial charge on any atom is 0.501 e. The van der Waals surface area contributed by atoms with Crippen LogP contribution in [0.25, 0.3) is 5.69 Å². The van der Waals surface area contributed by atoms with Gasteiger partial charge >= 0.3 is 12.0 Å². The molecular weight excluding hydrogens is 378 g/mol. The Morgan fingerprint density at radius 3 is 2.57 bits per heavy atom. The van der Waals surface area contributed by atoms with Crippen LogP contribution < -0.4 is 16.5 Å². The summed E-state index contributed by atoms with van der Waals surface area (Å²) >= 11 is 9.13. The fourth-order valence-electron chi connectivity index (χ4n) is 1.43. The standard InChI is InChI=1S/C10H6BrClF3N5O/c11-5-2-1-3-6(12)7(5)19-4-17-8(18-9(19)21)20(16)10(13,14)15/h1-4H,16H2. The third-order valence-corrected chi connectivity index (χ3v) is 3.30. The zero-order valence-electron chi connectivity index (χ0n) is 9.97. The maximum atomic E-state index is 12.4. The quantitative estimate of drug-likeness (QED) is 0.488. The van der Waals surface area contributed by atoms with E-state index in [0.717, 1.165) is 10.9 Å². The first-order chi connectivity index (χ1) is 9.71. The number of aromatic nitrogens is 3. The van der Waals surface area contributed by atoms with E-state index >= 15 is 0 Å². The predicted molar refractivity (Wildman–Crippen MR) is 73.1 cm³/mol. The number of nitrogens with zero attached hydrogens (tertiary/aromatic N) is 4. The molecule has 0 spiro atoms. The van der Waals surface area contributed by atoms with Crippen LogP contribution in [0.2, 0.25) is 5.02 Å². The Labute approximate surface area is 129 Å². The summed E-state index contributed by atoms with van der Waals surface area (Å²) in [6, 6.07) is 4.74. The smallest absolute Gasteiger partial charge is 0.248 e. The van der Waals surface area contributed by atoms with Gasteiger partial charge in [0.25, 0.3) is 5.95 Å². The Bertz CT molecular complexity index is 715. The topological polar surface area (TPSA) is 77.0 Å². The highest BCUT2D eigenvalue weighted by Crippen LogP contribution is 2.27. The van der Waals surface area contributed by atoms with E-state index in [1.165, 1.54) is 6.07 Å². The van der Waals surface area contributed by atoms with Gasteiger partial charge in [0.2, 0.25) is 0 Å². The molecule has 0 aliphatic rings. The zero-order chi connectivity index (χ0) is 15.8. The Balaban J connectivity index is 2.53. The predicted octanol–water partition coefficient (Wildman–Crippen LogP) is 2.24. The first-order valence-corrected chi connectivity index (χ1v) is 6.40. The summed E-state index contributed by atoms with van der Waals surface area (Å²) in [6.07, 6.45) is -4.04. The summed E-state index contributed by atoms with van der Waals surface area (Å²) < 4.78 is 38.6. The lowest BCUT2D eigenvalue weighted by Crippen LogP contribution is -2.46. The van der Waals surface area contributed by atoms with E-state index in [-0.39, 0.29) is 10.7 Å². The highest BCUT2D eigenvalue weighted by molar-refractivity contribution is 9.10. The van der Waals surface area contributed by atoms with Crippen molar-refractivity contribution in [3.63, 3.8) is 0 Å². The minimum Gasteiger partial charge on any atom is -0.248 e. The van der Waals surface area contributed by atoms with E-state index in [4.69, 9.17) is 17.4 Å². The first kappa shape index (κ1) is 15.7. The van der Waals surface area contributed by atoms with E-state index in [0.29, 0.717) is 4.47 Å². The SMILES string of the molecule is NN(c1ncn(-c2c(Cl)cccc2Br)c(=O)n1)C(F)(F)F. The molecule has 0 unspecified atom stereocenters. The van der Waals surface area contributed by atoms with Crippen LogP contribution in [0, 0.1) is 0 Å². The molecule has 0 radical (unpaired) electrons. The van der Waals surface area contributed by atoms with Crippen molar-refractivity contribution in [3.8, 4) is 5.69 Å². The minimum atomic E-state index is -4.90. The van der Waals surface area contributed by atoms with Gasteiger partial charge in [-0.05, 0) is 28.1 Å². The molecule has 0 fully saturated rings. The van der Waals surface area contributed by atoms with Crippen molar-refractivity contribution >= 4 is 33.5 Å². The van der Waals surface area contributed by atoms with Gasteiger partial charge in [-0.3, -0.25) is 0 Å². The van der Waals surface area contributed by atoms with Crippen LogP contribution in [-0.2, 0) is 0 Å². The number of benzene rings is 1. The molecular formula is C10H6BrClF3N5O. The summed E-state index contributed by atoms with van der Waals surface area (Å²) in [4.78, 5) is 18.5. The molecule has 0 aliphatic heterocycles. The van der Waals surface area contributed by atoms with Crippen molar-refractivity contribution in [2.24, 2.45) is 5.84 Å². The number of halogens is 5. The van der Waals surface area contributed by atoms with Crippen LogP contribution in [0.1, 0.15) is 0 Å². The average molecular weight is 385 g/mol. The lowest BCUT2D eigenvalue weighted by Gasteiger charge is -2.19. The molecule has 1 aromatic carbocycles. The average Bonchev–Trinajstić information content (AvgIpc) is 2.38. The largest absolute Gasteiger partial charge is 0.501 e. The number of anilines is 1. The molecule has 112 valence electrons. The minimum absolute atomic E-state index is 0.197. The van der Waals surface area contributed by atoms with Crippen molar-refractivity contribution in [3.05, 3.63) is 44.5 Å². The van der Waals surface area contributed by atoms with Gasteiger partial charge in [-0.1, -0.05) is 17.7 Å². The lowest BCUT2D eigenvalue weighted by atomic mass is 10.3. The van der Waals surface area contributed by atoms with Gasteiger partial charge < -0.3 is 0 Å². The van der Waals surface area contributed by atoms with Crippen molar-refractivity contribution in [2.45, 2.75) is 6.30 Å². The summed E-state index contributed by atoms with van der Waals surface area (Å²) in [5, 5.41) is -0.455.